The first-order valence-corrected chi connectivity index (χ1v) is 14.2. The quantitative estimate of drug-likeness (QED) is 0.0994. The smallest absolute Gasteiger partial charge is 0.326 e. The van der Waals surface area contributed by atoms with Crippen molar-refractivity contribution in [2.75, 3.05) is 0 Å². The van der Waals surface area contributed by atoms with Crippen molar-refractivity contribution in [2.45, 2.75) is 50.4 Å². The van der Waals surface area contributed by atoms with Crippen LogP contribution in [-0.4, -0.2) is 72.9 Å². The van der Waals surface area contributed by atoms with Crippen molar-refractivity contribution in [3.63, 3.8) is 0 Å². The van der Waals surface area contributed by atoms with E-state index in [9.17, 15) is 24.3 Å². The van der Waals surface area contributed by atoms with E-state index >= 15 is 0 Å². The number of hydrogen-bond acceptors (Lipinski definition) is 6. The zero-order chi connectivity index (χ0) is 31.2. The minimum atomic E-state index is -1.28. The third-order valence-corrected chi connectivity index (χ3v) is 7.47. The number of para-hydroxylation sites is 2. The Morgan fingerprint density at radius 2 is 1.25 bits per heavy atom. The first-order valence-electron chi connectivity index (χ1n) is 14.2. The van der Waals surface area contributed by atoms with Gasteiger partial charge in [0.1, 0.15) is 18.1 Å². The molecule has 3 heterocycles. The molecule has 0 saturated carbocycles. The number of benzene rings is 2. The van der Waals surface area contributed by atoms with Gasteiger partial charge in [0.2, 0.25) is 17.7 Å². The molecule has 5 rings (SSSR count). The second-order valence-electron chi connectivity index (χ2n) is 10.7. The van der Waals surface area contributed by atoms with E-state index in [4.69, 9.17) is 5.73 Å². The van der Waals surface area contributed by atoms with Gasteiger partial charge in [-0.15, -0.1) is 0 Å². The number of carboxylic acid groups (broad SMARTS) is 1. The summed E-state index contributed by atoms with van der Waals surface area (Å²) in [6.45, 7) is 1.49. The maximum absolute atomic E-state index is 13.8. The highest BCUT2D eigenvalue weighted by Crippen LogP contribution is 2.21. The number of fused-ring (bicyclic) bond motifs is 2. The van der Waals surface area contributed by atoms with Crippen LogP contribution in [-0.2, 0) is 38.4 Å². The second-order valence-corrected chi connectivity index (χ2v) is 10.7. The third kappa shape index (κ3) is 6.95. The Labute approximate surface area is 252 Å². The van der Waals surface area contributed by atoms with Crippen molar-refractivity contribution in [3.05, 3.63) is 90.3 Å². The minimum Gasteiger partial charge on any atom is -0.480 e. The van der Waals surface area contributed by atoms with Gasteiger partial charge in [-0.05, 0) is 30.2 Å². The lowest BCUT2D eigenvalue weighted by Gasteiger charge is -2.25. The van der Waals surface area contributed by atoms with Crippen molar-refractivity contribution in [3.8, 4) is 0 Å². The highest BCUT2D eigenvalue weighted by Gasteiger charge is 2.31. The van der Waals surface area contributed by atoms with Crippen LogP contribution in [0.3, 0.4) is 0 Å². The molecule has 2 aromatic carbocycles. The van der Waals surface area contributed by atoms with E-state index in [-0.39, 0.29) is 19.3 Å². The lowest BCUT2D eigenvalue weighted by molar-refractivity contribution is -0.142. The maximum Gasteiger partial charge on any atom is 0.326 e. The Balaban J connectivity index is 1.40. The maximum atomic E-state index is 13.8. The van der Waals surface area contributed by atoms with Gasteiger partial charge in [-0.2, -0.15) is 0 Å². The summed E-state index contributed by atoms with van der Waals surface area (Å²) < 4.78 is 0. The molecule has 0 fully saturated rings. The van der Waals surface area contributed by atoms with Gasteiger partial charge in [-0.1, -0.05) is 36.4 Å². The van der Waals surface area contributed by atoms with Crippen LogP contribution in [0.1, 0.15) is 23.7 Å². The molecule has 0 saturated heterocycles. The van der Waals surface area contributed by atoms with Crippen molar-refractivity contribution in [2.24, 2.45) is 5.73 Å². The molecule has 5 aromatic rings. The molecule has 0 aliphatic rings. The van der Waals surface area contributed by atoms with Gasteiger partial charge in [-0.25, -0.2) is 9.78 Å². The fourth-order valence-electron chi connectivity index (χ4n) is 5.12. The largest absolute Gasteiger partial charge is 0.480 e. The Morgan fingerprint density at radius 3 is 1.77 bits per heavy atom. The number of carbonyl (C=O) groups is 4. The Hall–Kier alpha value is -5.43. The number of nitrogens with one attached hydrogen (secondary N) is 6. The average Bonchev–Trinajstić information content (AvgIpc) is 3.77. The number of amides is 3. The molecule has 13 nitrogen and oxygen atoms in total. The lowest BCUT2D eigenvalue weighted by Crippen LogP contribution is -2.58. The van der Waals surface area contributed by atoms with Gasteiger partial charge in [0.05, 0.1) is 12.4 Å². The number of rotatable bonds is 13. The Bertz CT molecular complexity index is 1770. The molecule has 4 unspecified atom stereocenters. The number of H-pyrrole nitrogens is 3. The van der Waals surface area contributed by atoms with Gasteiger partial charge in [0.15, 0.2) is 0 Å². The van der Waals surface area contributed by atoms with Crippen LogP contribution >= 0.6 is 0 Å². The Kier molecular flexibility index (Phi) is 9.05. The molecule has 0 bridgehead atoms. The number of nitrogens with two attached hydrogens (primary N) is 1. The minimum absolute atomic E-state index is 0.0196. The third-order valence-electron chi connectivity index (χ3n) is 7.47. The van der Waals surface area contributed by atoms with E-state index in [2.05, 4.69) is 35.9 Å². The zero-order valence-electron chi connectivity index (χ0n) is 24.0. The molecule has 228 valence electrons. The molecule has 0 aliphatic heterocycles. The number of imidazole rings is 1. The molecule has 3 aromatic heterocycles. The van der Waals surface area contributed by atoms with Gasteiger partial charge in [-0.3, -0.25) is 14.4 Å². The van der Waals surface area contributed by atoms with Gasteiger partial charge >= 0.3 is 5.97 Å². The van der Waals surface area contributed by atoms with Crippen LogP contribution < -0.4 is 21.7 Å². The molecule has 0 spiro atoms. The monoisotopic (exact) mass is 598 g/mol. The highest BCUT2D eigenvalue weighted by atomic mass is 16.4. The van der Waals surface area contributed by atoms with Gasteiger partial charge in [0, 0.05) is 65.4 Å². The van der Waals surface area contributed by atoms with Crippen LogP contribution in [0.5, 0.6) is 0 Å². The molecule has 3 amide bonds. The van der Waals surface area contributed by atoms with E-state index in [1.165, 1.54) is 19.4 Å². The first-order chi connectivity index (χ1) is 21.2. The normalized spacial score (nSPS) is 14.0. The number of nitrogens with zero attached hydrogens (tertiary/aromatic N) is 1. The summed E-state index contributed by atoms with van der Waals surface area (Å²) in [6.07, 6.45) is 6.58. The number of aromatic nitrogens is 4. The predicted molar refractivity (Wildman–Crippen MR) is 163 cm³/mol. The van der Waals surface area contributed by atoms with E-state index in [0.717, 1.165) is 32.9 Å². The van der Waals surface area contributed by atoms with E-state index in [0.29, 0.717) is 5.69 Å². The van der Waals surface area contributed by atoms with Crippen LogP contribution in [0.4, 0.5) is 0 Å². The van der Waals surface area contributed by atoms with Crippen molar-refractivity contribution in [1.29, 1.82) is 0 Å². The molecule has 0 aliphatic carbocycles. The van der Waals surface area contributed by atoms with Gasteiger partial charge < -0.3 is 41.7 Å². The van der Waals surface area contributed by atoms with Crippen molar-refractivity contribution in [1.82, 2.24) is 35.9 Å². The topological polar surface area (TPSA) is 211 Å². The zero-order valence-corrected chi connectivity index (χ0v) is 24.0. The van der Waals surface area contributed by atoms with Crippen molar-refractivity contribution >= 4 is 45.5 Å². The predicted octanol–water partition coefficient (Wildman–Crippen LogP) is 1.29. The number of carbonyl (C=O) groups excluding carboxylic acids is 3. The standard InChI is InChI=1S/C31H34N8O5/c1-17(32)28(40)37-26(12-20-15-33-16-36-20)30(42)38-25(10-18-13-34-23-8-4-2-6-21(18)23)29(41)39-27(31(43)44)11-19-14-35-24-9-5-3-7-22(19)24/h2-9,13-17,25-27,34-35H,10-12,32H2,1H3,(H,33,36)(H,37,40)(H,38,42)(H,39,41)(H,43,44). The van der Waals surface area contributed by atoms with E-state index < -0.39 is 47.9 Å². The van der Waals surface area contributed by atoms with E-state index in [1.54, 1.807) is 12.4 Å². The summed E-state index contributed by atoms with van der Waals surface area (Å²) in [5.74, 6) is -3.10. The highest BCUT2D eigenvalue weighted by molar-refractivity contribution is 5.95. The summed E-state index contributed by atoms with van der Waals surface area (Å²) in [6, 6.07) is 10.6. The second kappa shape index (κ2) is 13.3. The van der Waals surface area contributed by atoms with Crippen LogP contribution in [0.25, 0.3) is 21.8 Å². The molecular weight excluding hydrogens is 564 g/mol. The van der Waals surface area contributed by atoms with Crippen LogP contribution in [0, 0.1) is 0 Å². The SMILES string of the molecule is CC(N)C(=O)NC(Cc1cnc[nH]1)C(=O)NC(Cc1c[nH]c2ccccc12)C(=O)NC(Cc1c[nH]c2ccccc12)C(=O)O. The fourth-order valence-corrected chi connectivity index (χ4v) is 5.12. The number of aromatic amines is 3. The Morgan fingerprint density at radius 1 is 0.750 bits per heavy atom. The van der Waals surface area contributed by atoms with Crippen LogP contribution in [0.15, 0.2) is 73.4 Å². The summed E-state index contributed by atoms with van der Waals surface area (Å²) >= 11 is 0. The molecular formula is C31H34N8O5. The summed E-state index contributed by atoms with van der Waals surface area (Å²) in [4.78, 5) is 65.4. The summed E-state index contributed by atoms with van der Waals surface area (Å²) in [7, 11) is 0. The number of hydrogen-bond donors (Lipinski definition) is 8. The van der Waals surface area contributed by atoms with Crippen LogP contribution in [0.2, 0.25) is 0 Å². The average molecular weight is 599 g/mol. The van der Waals surface area contributed by atoms with Crippen molar-refractivity contribution < 1.29 is 24.3 Å². The lowest BCUT2D eigenvalue weighted by atomic mass is 10.0. The molecule has 4 atom stereocenters. The molecule has 9 N–H and O–H groups in total. The van der Waals surface area contributed by atoms with E-state index in [1.807, 2.05) is 48.5 Å². The summed E-state index contributed by atoms with van der Waals surface area (Å²) in [5, 5.41) is 19.8. The first kappa shape index (κ1) is 30.0. The molecule has 13 heteroatoms. The summed E-state index contributed by atoms with van der Waals surface area (Å²) in [5.41, 5.74) is 9.48. The fraction of sp³-hybridized carbons (Fsp3) is 0.258. The number of aliphatic carboxylic acids is 1. The number of carboxylic acids is 1. The molecule has 0 radical (unpaired) electrons. The van der Waals surface area contributed by atoms with Gasteiger partial charge in [0.25, 0.3) is 0 Å². The molecule has 44 heavy (non-hydrogen) atoms.